The molecular weight excluding hydrogens is 374 g/mol. The van der Waals surface area contributed by atoms with Gasteiger partial charge in [0, 0.05) is 38.6 Å². The van der Waals surface area contributed by atoms with E-state index in [1.54, 1.807) is 18.3 Å². The summed E-state index contributed by atoms with van der Waals surface area (Å²) in [7, 11) is 2.03. The maximum atomic E-state index is 12.5. The number of likely N-dealkylation sites (tertiary alicyclic amines) is 1. The summed E-state index contributed by atoms with van der Waals surface area (Å²) >= 11 is 6.12. The van der Waals surface area contributed by atoms with Gasteiger partial charge in [0.25, 0.3) is 0 Å². The zero-order chi connectivity index (χ0) is 19.9. The highest BCUT2D eigenvalue weighted by molar-refractivity contribution is 6.33. The van der Waals surface area contributed by atoms with Gasteiger partial charge in [-0.05, 0) is 43.0 Å². The number of hydrogen-bond donors (Lipinski definition) is 1. The summed E-state index contributed by atoms with van der Waals surface area (Å²) in [5, 5.41) is 12.7. The Labute approximate surface area is 170 Å². The van der Waals surface area contributed by atoms with Gasteiger partial charge in [-0.15, -0.1) is 0 Å². The zero-order valence-electron chi connectivity index (χ0n) is 15.9. The first-order valence-electron chi connectivity index (χ1n) is 9.40. The molecule has 0 aliphatic carbocycles. The number of hydrogen-bond acceptors (Lipinski definition) is 5. The number of anilines is 2. The summed E-state index contributed by atoms with van der Waals surface area (Å²) < 4.78 is 0. The monoisotopic (exact) mass is 397 g/mol. The summed E-state index contributed by atoms with van der Waals surface area (Å²) in [6, 6.07) is 13.2. The van der Waals surface area contributed by atoms with Crippen molar-refractivity contribution in [2.75, 3.05) is 43.4 Å². The first-order valence-corrected chi connectivity index (χ1v) is 9.78. The Bertz CT molecular complexity index is 858. The number of piperidine rings is 1. The van der Waals surface area contributed by atoms with E-state index in [4.69, 9.17) is 16.9 Å². The highest BCUT2D eigenvalue weighted by Crippen LogP contribution is 2.23. The van der Waals surface area contributed by atoms with Gasteiger partial charge in [-0.1, -0.05) is 23.7 Å². The van der Waals surface area contributed by atoms with Crippen LogP contribution in [0.25, 0.3) is 0 Å². The number of aromatic nitrogens is 1. The SMILES string of the molecule is CN(CC1CCN(C(=O)CNc2ccccc2Cl)CC1)c1ccnc(C#N)c1. The van der Waals surface area contributed by atoms with E-state index in [9.17, 15) is 4.79 Å². The van der Waals surface area contributed by atoms with Crippen LogP contribution in [0.5, 0.6) is 0 Å². The molecule has 1 aliphatic rings. The largest absolute Gasteiger partial charge is 0.375 e. The lowest BCUT2D eigenvalue weighted by molar-refractivity contribution is -0.130. The second kappa shape index (κ2) is 9.43. The van der Waals surface area contributed by atoms with Gasteiger partial charge < -0.3 is 15.1 Å². The smallest absolute Gasteiger partial charge is 0.241 e. The van der Waals surface area contributed by atoms with Gasteiger partial charge in [-0.2, -0.15) is 5.26 Å². The van der Waals surface area contributed by atoms with Crippen LogP contribution < -0.4 is 10.2 Å². The fourth-order valence-corrected chi connectivity index (χ4v) is 3.67. The first-order chi connectivity index (χ1) is 13.6. The second-order valence-electron chi connectivity index (χ2n) is 7.05. The summed E-state index contributed by atoms with van der Waals surface area (Å²) in [6.45, 7) is 2.68. The van der Waals surface area contributed by atoms with E-state index in [1.165, 1.54) is 0 Å². The number of rotatable bonds is 6. The van der Waals surface area contributed by atoms with Gasteiger partial charge in [-0.3, -0.25) is 4.79 Å². The van der Waals surface area contributed by atoms with Crippen molar-refractivity contribution in [2.24, 2.45) is 5.92 Å². The maximum absolute atomic E-state index is 12.5. The number of para-hydroxylation sites is 1. The van der Waals surface area contributed by atoms with Crippen molar-refractivity contribution >= 4 is 28.9 Å². The van der Waals surface area contributed by atoms with Crippen molar-refractivity contribution in [3.63, 3.8) is 0 Å². The van der Waals surface area contributed by atoms with Crippen molar-refractivity contribution in [3.8, 4) is 6.07 Å². The van der Waals surface area contributed by atoms with Crippen LogP contribution in [0.3, 0.4) is 0 Å². The Morgan fingerprint density at radius 2 is 2.11 bits per heavy atom. The van der Waals surface area contributed by atoms with E-state index < -0.39 is 0 Å². The van der Waals surface area contributed by atoms with Crippen LogP contribution in [-0.4, -0.2) is 49.0 Å². The van der Waals surface area contributed by atoms with E-state index in [0.717, 1.165) is 43.9 Å². The van der Waals surface area contributed by atoms with Crippen molar-refractivity contribution < 1.29 is 4.79 Å². The molecule has 1 aliphatic heterocycles. The molecule has 7 heteroatoms. The molecule has 3 rings (SSSR count). The Hall–Kier alpha value is -2.78. The Balaban J connectivity index is 1.45. The van der Waals surface area contributed by atoms with E-state index in [-0.39, 0.29) is 12.5 Å². The molecule has 1 amide bonds. The van der Waals surface area contributed by atoms with Gasteiger partial charge in [0.2, 0.25) is 5.91 Å². The average molecular weight is 398 g/mol. The lowest BCUT2D eigenvalue weighted by Gasteiger charge is -2.34. The van der Waals surface area contributed by atoms with Gasteiger partial charge in [0.15, 0.2) is 0 Å². The number of pyridine rings is 1. The van der Waals surface area contributed by atoms with Crippen LogP contribution in [0.15, 0.2) is 42.6 Å². The van der Waals surface area contributed by atoms with Crippen LogP contribution in [-0.2, 0) is 4.79 Å². The molecule has 1 aromatic carbocycles. The lowest BCUT2D eigenvalue weighted by Crippen LogP contribution is -2.43. The molecule has 1 fully saturated rings. The van der Waals surface area contributed by atoms with E-state index in [1.807, 2.05) is 36.2 Å². The van der Waals surface area contributed by atoms with Crippen LogP contribution in [0.4, 0.5) is 11.4 Å². The van der Waals surface area contributed by atoms with E-state index in [0.29, 0.717) is 16.6 Å². The summed E-state index contributed by atoms with van der Waals surface area (Å²) in [5.74, 6) is 0.615. The molecule has 1 saturated heterocycles. The zero-order valence-corrected chi connectivity index (χ0v) is 16.7. The maximum Gasteiger partial charge on any atom is 0.241 e. The molecule has 1 N–H and O–H groups in total. The minimum atomic E-state index is 0.0968. The van der Waals surface area contributed by atoms with Gasteiger partial charge in [0.1, 0.15) is 11.8 Å². The van der Waals surface area contributed by atoms with Gasteiger partial charge in [0.05, 0.1) is 17.3 Å². The normalized spacial score (nSPS) is 14.4. The molecular formula is C21H24ClN5O. The number of carbonyl (C=O) groups excluding carboxylic acids is 1. The summed E-state index contributed by atoms with van der Waals surface area (Å²) in [4.78, 5) is 20.6. The summed E-state index contributed by atoms with van der Waals surface area (Å²) in [6.07, 6.45) is 3.61. The van der Waals surface area contributed by atoms with Gasteiger partial charge in [-0.25, -0.2) is 4.98 Å². The van der Waals surface area contributed by atoms with Crippen molar-refractivity contribution in [1.82, 2.24) is 9.88 Å². The molecule has 0 atom stereocenters. The van der Waals surface area contributed by atoms with E-state index in [2.05, 4.69) is 21.3 Å². The molecule has 146 valence electrons. The molecule has 2 heterocycles. The molecule has 2 aromatic rings. The predicted octanol–water partition coefficient (Wildman–Crippen LogP) is 3.39. The summed E-state index contributed by atoms with van der Waals surface area (Å²) in [5.41, 5.74) is 2.20. The number of nitrogens with one attached hydrogen (secondary N) is 1. The fourth-order valence-electron chi connectivity index (χ4n) is 3.46. The second-order valence-corrected chi connectivity index (χ2v) is 7.46. The molecule has 0 saturated carbocycles. The van der Waals surface area contributed by atoms with E-state index >= 15 is 0 Å². The van der Waals surface area contributed by atoms with Crippen LogP contribution in [0, 0.1) is 17.2 Å². The number of halogens is 1. The third-order valence-electron chi connectivity index (χ3n) is 5.10. The molecule has 1 aromatic heterocycles. The minimum absolute atomic E-state index is 0.0968. The quantitative estimate of drug-likeness (QED) is 0.808. The molecule has 0 radical (unpaired) electrons. The molecule has 6 nitrogen and oxygen atoms in total. The Morgan fingerprint density at radius 3 is 2.82 bits per heavy atom. The Kier molecular flexibility index (Phi) is 6.72. The number of nitrogens with zero attached hydrogens (tertiary/aromatic N) is 4. The number of amides is 1. The molecule has 0 unspecified atom stereocenters. The van der Waals surface area contributed by atoms with Crippen LogP contribution in [0.2, 0.25) is 5.02 Å². The van der Waals surface area contributed by atoms with Gasteiger partial charge >= 0.3 is 0 Å². The first kappa shape index (κ1) is 20.0. The third kappa shape index (κ3) is 5.14. The van der Waals surface area contributed by atoms with Crippen molar-refractivity contribution in [3.05, 3.63) is 53.3 Å². The van der Waals surface area contributed by atoms with Crippen LogP contribution in [0.1, 0.15) is 18.5 Å². The number of carbonyl (C=O) groups is 1. The molecule has 0 spiro atoms. The standard InChI is InChI=1S/C21H24ClN5O/c1-26(18-6-9-24-17(12-18)13-23)15-16-7-10-27(11-8-16)21(28)14-25-20-5-3-2-4-19(20)22/h2-6,9,12,16,25H,7-8,10-11,14-15H2,1H3. The lowest BCUT2D eigenvalue weighted by atomic mass is 9.96. The minimum Gasteiger partial charge on any atom is -0.375 e. The number of benzene rings is 1. The average Bonchev–Trinajstić information content (AvgIpc) is 2.73. The molecule has 0 bridgehead atoms. The Morgan fingerprint density at radius 1 is 1.36 bits per heavy atom. The topological polar surface area (TPSA) is 72.3 Å². The van der Waals surface area contributed by atoms with Crippen LogP contribution >= 0.6 is 11.6 Å². The fraction of sp³-hybridized carbons (Fsp3) is 0.381. The predicted molar refractivity (Wildman–Crippen MR) is 111 cm³/mol. The van der Waals surface area contributed by atoms with Crippen molar-refractivity contribution in [1.29, 1.82) is 5.26 Å². The highest BCUT2D eigenvalue weighted by atomic mass is 35.5. The number of nitriles is 1. The highest BCUT2D eigenvalue weighted by Gasteiger charge is 2.23. The molecule has 28 heavy (non-hydrogen) atoms. The van der Waals surface area contributed by atoms with Crippen molar-refractivity contribution in [2.45, 2.75) is 12.8 Å². The third-order valence-corrected chi connectivity index (χ3v) is 5.43.